The SMILES string of the molecule is c1ccc(-c2cc(-c3ccccc3)cc(-n3c4ccccc4c4cc(-c5ccc6c(c5)c5cnccc5n6-c5ccccc5)ccc43)c2)cc1.c1ccc(-c2ccc3c(c2)c2cc(-c4ccc5c(c4)c4cc(-c6ccccc6)ccc4n5-c4cc(-c5ccccc5)nc(-c5ccccc5)n4)ccc2n3-c2ccccc2)cc1.c1ccc(-n2c3ccccc3c3cc(-c4ccc5c(c4)c4ccncc4n5-c4ccccc4)ccc32)cc1. The molecular formula is C140H92N10. The molecule has 0 radical (unpaired) electrons. The first-order valence-corrected chi connectivity index (χ1v) is 51.0. The summed E-state index contributed by atoms with van der Waals surface area (Å²) in [5.74, 6) is 1.51. The minimum absolute atomic E-state index is 0.688. The number of hydrogen-bond donors (Lipinski definition) is 0. The summed E-state index contributed by atoms with van der Waals surface area (Å²) < 4.78 is 14.1. The number of hydrogen-bond acceptors (Lipinski definition) is 4. The molecule has 0 saturated heterocycles. The van der Waals surface area contributed by atoms with Gasteiger partial charge in [0.2, 0.25) is 0 Å². The number of benzene rings is 21. The number of para-hydroxylation sites is 6. The monoisotopic (exact) mass is 1910 g/mol. The maximum absolute atomic E-state index is 5.30. The van der Waals surface area contributed by atoms with Gasteiger partial charge in [-0.1, -0.05) is 340 Å². The van der Waals surface area contributed by atoms with Crippen LogP contribution in [0.15, 0.2) is 559 Å². The van der Waals surface area contributed by atoms with E-state index >= 15 is 0 Å². The summed E-state index contributed by atoms with van der Waals surface area (Å²) >= 11 is 0. The molecular weight excluding hydrogens is 1820 g/mol. The van der Waals surface area contributed by atoms with Gasteiger partial charge in [-0.05, 0) is 266 Å². The maximum atomic E-state index is 5.30. The molecule has 0 aliphatic heterocycles. The van der Waals surface area contributed by atoms with Gasteiger partial charge in [0, 0.05) is 129 Å². The van der Waals surface area contributed by atoms with Gasteiger partial charge >= 0.3 is 0 Å². The highest BCUT2D eigenvalue weighted by molar-refractivity contribution is 6.18. The Morgan fingerprint density at radius 2 is 0.373 bits per heavy atom. The molecule has 0 N–H and O–H groups in total. The van der Waals surface area contributed by atoms with Crippen molar-refractivity contribution in [2.45, 2.75) is 0 Å². The number of rotatable bonds is 15. The fourth-order valence-electron chi connectivity index (χ4n) is 22.7. The fourth-order valence-corrected chi connectivity index (χ4v) is 22.7. The van der Waals surface area contributed by atoms with Gasteiger partial charge < -0.3 is 22.8 Å². The highest BCUT2D eigenvalue weighted by Crippen LogP contribution is 2.47. The molecule has 10 nitrogen and oxygen atoms in total. The lowest BCUT2D eigenvalue weighted by Gasteiger charge is -2.14. The Bertz CT molecular complexity index is 10100. The molecule has 9 aromatic heterocycles. The predicted octanol–water partition coefficient (Wildman–Crippen LogP) is 36.2. The highest BCUT2D eigenvalue weighted by atomic mass is 15.1. The molecule has 702 valence electrons. The second kappa shape index (κ2) is 37.2. The second-order valence-electron chi connectivity index (χ2n) is 38.4. The summed E-state index contributed by atoms with van der Waals surface area (Å²) in [5.41, 5.74) is 39.3. The van der Waals surface area contributed by atoms with E-state index in [0.29, 0.717) is 5.82 Å². The molecule has 0 saturated carbocycles. The largest absolute Gasteiger partial charge is 0.309 e. The summed E-state index contributed by atoms with van der Waals surface area (Å²) in [6.07, 6.45) is 7.72. The Hall–Kier alpha value is -20.2. The Kier molecular flexibility index (Phi) is 21.7. The van der Waals surface area contributed by atoms with Crippen molar-refractivity contribution in [3.8, 4) is 135 Å². The van der Waals surface area contributed by atoms with Crippen LogP contribution in [0.2, 0.25) is 0 Å². The average molecular weight is 1910 g/mol. The summed E-state index contributed by atoms with van der Waals surface area (Å²) in [6, 6.07) is 191. The highest BCUT2D eigenvalue weighted by Gasteiger charge is 2.25. The van der Waals surface area contributed by atoms with E-state index in [9.17, 15) is 0 Å². The topological polar surface area (TPSA) is 81.1 Å². The zero-order chi connectivity index (χ0) is 99.1. The van der Waals surface area contributed by atoms with Crippen molar-refractivity contribution in [3.05, 3.63) is 559 Å². The van der Waals surface area contributed by atoms with E-state index in [2.05, 4.69) is 547 Å². The molecule has 30 rings (SSSR count). The van der Waals surface area contributed by atoms with Gasteiger partial charge in [0.05, 0.1) is 78.1 Å². The lowest BCUT2D eigenvalue weighted by atomic mass is 9.98. The van der Waals surface area contributed by atoms with E-state index in [1.54, 1.807) is 0 Å². The van der Waals surface area contributed by atoms with Gasteiger partial charge in [-0.25, -0.2) is 9.97 Å². The van der Waals surface area contributed by atoms with E-state index < -0.39 is 0 Å². The van der Waals surface area contributed by atoms with Crippen molar-refractivity contribution in [3.63, 3.8) is 0 Å². The van der Waals surface area contributed by atoms with Crippen LogP contribution >= 0.6 is 0 Å². The molecule has 10 heteroatoms. The van der Waals surface area contributed by atoms with E-state index in [1.807, 2.05) is 49.1 Å². The molecule has 0 aliphatic carbocycles. The van der Waals surface area contributed by atoms with Crippen molar-refractivity contribution < 1.29 is 0 Å². The van der Waals surface area contributed by atoms with Crippen molar-refractivity contribution in [1.29, 1.82) is 0 Å². The van der Waals surface area contributed by atoms with Crippen LogP contribution in [0.3, 0.4) is 0 Å². The van der Waals surface area contributed by atoms with E-state index in [1.165, 1.54) is 170 Å². The molecule has 9 heterocycles. The van der Waals surface area contributed by atoms with Crippen LogP contribution in [0.1, 0.15) is 0 Å². The molecule has 0 spiro atoms. The van der Waals surface area contributed by atoms with Gasteiger partial charge in [0.15, 0.2) is 5.82 Å². The quantitative estimate of drug-likeness (QED) is 0.102. The zero-order valence-corrected chi connectivity index (χ0v) is 81.6. The van der Waals surface area contributed by atoms with Crippen LogP contribution < -0.4 is 0 Å². The first-order valence-electron chi connectivity index (χ1n) is 51.0. The lowest BCUT2D eigenvalue weighted by molar-refractivity contribution is 1.05. The average Bonchev–Trinajstić information content (AvgIpc) is 1.43. The molecule has 0 aliphatic rings. The lowest BCUT2D eigenvalue weighted by Crippen LogP contribution is -2.02. The van der Waals surface area contributed by atoms with Gasteiger partial charge in [-0.3, -0.25) is 14.5 Å². The molecule has 0 unspecified atom stereocenters. The van der Waals surface area contributed by atoms with Crippen molar-refractivity contribution in [2.75, 3.05) is 0 Å². The number of nitrogens with zero attached hydrogens (tertiary/aromatic N) is 10. The third-order valence-corrected chi connectivity index (χ3v) is 29.7. The van der Waals surface area contributed by atoms with Crippen LogP contribution in [0.5, 0.6) is 0 Å². The van der Waals surface area contributed by atoms with Crippen LogP contribution in [-0.4, -0.2) is 47.3 Å². The molecule has 21 aromatic carbocycles. The Balaban J connectivity index is 0.000000111. The molecule has 0 fully saturated rings. The van der Waals surface area contributed by atoms with Crippen LogP contribution in [0.4, 0.5) is 0 Å². The summed E-state index contributed by atoms with van der Waals surface area (Å²) in [5, 5.41) is 14.6. The summed E-state index contributed by atoms with van der Waals surface area (Å²) in [4.78, 5) is 19.4. The summed E-state index contributed by atoms with van der Waals surface area (Å²) in [6.45, 7) is 0. The molecule has 150 heavy (non-hydrogen) atoms. The van der Waals surface area contributed by atoms with Gasteiger partial charge in [-0.15, -0.1) is 0 Å². The molecule has 30 aromatic rings. The minimum atomic E-state index is 0.688. The zero-order valence-electron chi connectivity index (χ0n) is 81.6. The minimum Gasteiger partial charge on any atom is -0.309 e. The van der Waals surface area contributed by atoms with Gasteiger partial charge in [0.1, 0.15) is 5.82 Å². The summed E-state index contributed by atoms with van der Waals surface area (Å²) in [7, 11) is 0. The van der Waals surface area contributed by atoms with E-state index in [0.717, 1.165) is 89.4 Å². The van der Waals surface area contributed by atoms with Gasteiger partial charge in [-0.2, -0.15) is 0 Å². The molecule has 0 atom stereocenters. The van der Waals surface area contributed by atoms with Crippen LogP contribution in [-0.2, 0) is 0 Å². The first-order chi connectivity index (χ1) is 74.4. The number of pyridine rings is 2. The van der Waals surface area contributed by atoms with Crippen LogP contribution in [0, 0.1) is 0 Å². The van der Waals surface area contributed by atoms with Crippen molar-refractivity contribution in [2.24, 2.45) is 0 Å². The predicted molar refractivity (Wildman–Crippen MR) is 625 cm³/mol. The Morgan fingerprint density at radius 3 is 0.733 bits per heavy atom. The Labute approximate surface area is 865 Å². The second-order valence-corrected chi connectivity index (χ2v) is 38.4. The third kappa shape index (κ3) is 15.5. The first kappa shape index (κ1) is 87.6. The fraction of sp³-hybridized carbons (Fsp3) is 0. The smallest absolute Gasteiger partial charge is 0.162 e. The van der Waals surface area contributed by atoms with E-state index in [4.69, 9.17) is 9.97 Å². The maximum Gasteiger partial charge on any atom is 0.162 e. The number of aromatic nitrogens is 10. The van der Waals surface area contributed by atoms with Crippen LogP contribution in [0.25, 0.3) is 266 Å². The normalized spacial score (nSPS) is 11.6. The standard InChI is InChI=1S/C58H38N4.C47H31N3.C35H23N3/c1-6-16-39(17-7-1)43-26-30-53-48(34-43)49-36-45(28-31-54(49)61(53)47-24-14-5-15-25-47)46-29-33-56-51(37-46)50-35-44(40-18-8-2-9-19-40)27-32-55(50)62(56)57-38-52(41-20-10-3-11-21-41)59-58(60-57)42-22-12-4-13-23-42;1-4-12-32(13-5-1)36-26-37(33-14-6-2-7-15-33)28-39(27-36)50-44-19-11-10-18-40(44)41-29-34(20-22-45(41)50)35-21-23-46-42(30-35)43-31-48-25-24-47(43)49(46)38-16-8-3-9-17-38;1-3-9-26(10-4-1)37-32-14-8-7-13-28(32)30-21-24(15-17-33(30)37)25-16-18-34-31(22-25)29-19-20-36-23-35(29)38(34)27-11-5-2-6-12-27/h1-38H;1-31H;1-23H. The van der Waals surface area contributed by atoms with E-state index in [-0.39, 0.29) is 0 Å². The number of fused-ring (bicyclic) bond motifs is 18. The Morgan fingerprint density at radius 1 is 0.127 bits per heavy atom. The van der Waals surface area contributed by atoms with Gasteiger partial charge in [0.25, 0.3) is 0 Å². The molecule has 0 amide bonds. The molecule has 0 bridgehead atoms. The van der Waals surface area contributed by atoms with Crippen molar-refractivity contribution >= 4 is 131 Å². The van der Waals surface area contributed by atoms with Crippen molar-refractivity contribution in [1.82, 2.24) is 47.3 Å². The third-order valence-electron chi connectivity index (χ3n) is 29.7.